The molecule has 0 aromatic heterocycles. The number of hydrogen-bond acceptors (Lipinski definition) is 3. The van der Waals surface area contributed by atoms with Gasteiger partial charge in [-0.05, 0) is 19.4 Å². The van der Waals surface area contributed by atoms with Crippen LogP contribution in [0.1, 0.15) is 13.8 Å². The van der Waals surface area contributed by atoms with E-state index >= 15 is 0 Å². The Morgan fingerprint density at radius 3 is 2.46 bits per heavy atom. The average Bonchev–Trinajstić information content (AvgIpc) is 2.01. The zero-order valence-corrected chi connectivity index (χ0v) is 8.26. The smallest absolute Gasteiger partial charge is 0.329 e. The van der Waals surface area contributed by atoms with Crippen LogP contribution < -0.4 is 5.73 Å². The molecule has 4 heteroatoms. The van der Waals surface area contributed by atoms with Gasteiger partial charge in [0.1, 0.15) is 13.4 Å². The Balaban J connectivity index is 4.83. The molecule has 0 heterocycles. The fourth-order valence-corrected chi connectivity index (χ4v) is 0.801. The van der Waals surface area contributed by atoms with Crippen LogP contribution in [0.2, 0.25) is 0 Å². The number of nitrogens with two attached hydrogens (primary N) is 1. The molecular weight excluding hydrogens is 165 g/mol. The minimum atomic E-state index is -1.14. The van der Waals surface area contributed by atoms with Crippen LogP contribution in [0.25, 0.3) is 0 Å². The molecule has 0 aliphatic rings. The summed E-state index contributed by atoms with van der Waals surface area (Å²) in [5.41, 5.74) is 5.56. The molecule has 3 nitrogen and oxygen atoms in total. The van der Waals surface area contributed by atoms with Gasteiger partial charge in [-0.2, -0.15) is 0 Å². The highest BCUT2D eigenvalue weighted by Gasteiger charge is 2.30. The van der Waals surface area contributed by atoms with E-state index < -0.39 is 11.5 Å². The number of ether oxygens (including phenoxy) is 1. The first-order valence-electron chi connectivity index (χ1n) is 3.82. The maximum Gasteiger partial charge on any atom is 0.329 e. The molecule has 0 aromatic carbocycles. The summed E-state index contributed by atoms with van der Waals surface area (Å²) in [7, 11) is 6.64. The molecule has 13 heavy (non-hydrogen) atoms. The van der Waals surface area contributed by atoms with Crippen molar-refractivity contribution < 1.29 is 9.53 Å². The Kier molecular flexibility index (Phi) is 3.94. The normalized spacial score (nSPS) is 16.2. The molecule has 0 aliphatic carbocycles. The van der Waals surface area contributed by atoms with Crippen molar-refractivity contribution in [1.29, 1.82) is 0 Å². The Hall–Kier alpha value is -1.03. The van der Waals surface area contributed by atoms with Gasteiger partial charge in [0.15, 0.2) is 0 Å². The predicted molar refractivity (Wildman–Crippen MR) is 53.3 cm³/mol. The second-order valence-electron chi connectivity index (χ2n) is 3.10. The van der Waals surface area contributed by atoms with Gasteiger partial charge in [-0.3, -0.25) is 0 Å². The van der Waals surface area contributed by atoms with E-state index in [2.05, 4.69) is 11.3 Å². The number of methoxy groups -OCH3 is 1. The Morgan fingerprint density at radius 2 is 2.15 bits per heavy atom. The molecule has 70 valence electrons. The van der Waals surface area contributed by atoms with E-state index in [9.17, 15) is 4.79 Å². The van der Waals surface area contributed by atoms with Crippen molar-refractivity contribution in [2.75, 3.05) is 7.11 Å². The van der Waals surface area contributed by atoms with Gasteiger partial charge in [0.25, 0.3) is 0 Å². The third kappa shape index (κ3) is 3.07. The maximum absolute atomic E-state index is 11.2. The van der Waals surface area contributed by atoms with Crippen LogP contribution in [0.5, 0.6) is 0 Å². The third-order valence-electron chi connectivity index (χ3n) is 1.83. The van der Waals surface area contributed by atoms with E-state index in [1.807, 2.05) is 0 Å². The molecule has 0 saturated carbocycles. The molecular formula is C9H14BNO2. The van der Waals surface area contributed by atoms with Gasteiger partial charge in [0.2, 0.25) is 0 Å². The summed E-state index contributed by atoms with van der Waals surface area (Å²) in [5, 5.41) is 0. The van der Waals surface area contributed by atoms with Gasteiger partial charge in [0, 0.05) is 0 Å². The lowest BCUT2D eigenvalue weighted by atomic mass is 9.88. The molecule has 0 rings (SSSR count). The number of carbonyl (C=O) groups excluding carboxylic acids is 1. The van der Waals surface area contributed by atoms with Crippen LogP contribution in [0, 0.1) is 0 Å². The lowest BCUT2D eigenvalue weighted by Gasteiger charge is -2.22. The summed E-state index contributed by atoms with van der Waals surface area (Å²) < 4.78 is 4.54. The Bertz CT molecular complexity index is 256. The van der Waals surface area contributed by atoms with Gasteiger partial charge in [0.05, 0.1) is 7.11 Å². The molecule has 0 spiro atoms. The van der Waals surface area contributed by atoms with Crippen molar-refractivity contribution in [2.45, 2.75) is 19.4 Å². The minimum Gasteiger partial charge on any atom is -0.467 e. The van der Waals surface area contributed by atoms with Gasteiger partial charge in [-0.25, -0.2) is 4.79 Å². The highest BCUT2D eigenvalue weighted by Crippen LogP contribution is 2.15. The first-order valence-corrected chi connectivity index (χ1v) is 3.82. The number of rotatable bonds is 3. The quantitative estimate of drug-likeness (QED) is 0.390. The summed E-state index contributed by atoms with van der Waals surface area (Å²) >= 11 is 0. The first kappa shape index (κ1) is 12.0. The predicted octanol–water partition coefficient (Wildman–Crippen LogP) is 0.505. The van der Waals surface area contributed by atoms with Crippen LogP contribution in [0.3, 0.4) is 0 Å². The number of carbonyl (C=O) groups is 1. The Morgan fingerprint density at radius 1 is 1.69 bits per heavy atom. The molecule has 2 N–H and O–H groups in total. The van der Waals surface area contributed by atoms with Crippen molar-refractivity contribution in [3.8, 4) is 0 Å². The minimum absolute atomic E-state index is 0.359. The number of hydrogen-bond donors (Lipinski definition) is 1. The summed E-state index contributed by atoms with van der Waals surface area (Å²) in [4.78, 5) is 11.2. The zero-order valence-electron chi connectivity index (χ0n) is 8.26. The summed E-state index contributed by atoms with van der Waals surface area (Å²) in [5.74, 6) is -0.498. The van der Waals surface area contributed by atoms with E-state index in [0.29, 0.717) is 11.0 Å². The lowest BCUT2D eigenvalue weighted by Crippen LogP contribution is -2.46. The van der Waals surface area contributed by atoms with Crippen LogP contribution in [-0.2, 0) is 9.53 Å². The Labute approximate surface area is 80.0 Å². The van der Waals surface area contributed by atoms with Gasteiger partial charge in [-0.15, -0.1) is 12.1 Å². The first-order chi connectivity index (χ1) is 5.82. The van der Waals surface area contributed by atoms with Gasteiger partial charge in [-0.1, -0.05) is 6.08 Å². The molecule has 0 aromatic rings. The van der Waals surface area contributed by atoms with Crippen molar-refractivity contribution in [1.82, 2.24) is 0 Å². The van der Waals surface area contributed by atoms with Crippen LogP contribution >= 0.6 is 0 Å². The van der Waals surface area contributed by atoms with Crippen LogP contribution in [0.4, 0.5) is 0 Å². The van der Waals surface area contributed by atoms with E-state index in [4.69, 9.17) is 13.6 Å². The van der Waals surface area contributed by atoms with Crippen molar-refractivity contribution in [2.24, 2.45) is 5.73 Å². The molecule has 0 saturated heterocycles. The number of esters is 1. The van der Waals surface area contributed by atoms with Crippen molar-refractivity contribution in [3.05, 3.63) is 23.7 Å². The SMILES string of the molecule is [B]C(=C)/C=C(\C)C(C)(N)C(=O)OC. The number of allylic oxidation sites excluding steroid dienone is 2. The topological polar surface area (TPSA) is 52.3 Å². The lowest BCUT2D eigenvalue weighted by molar-refractivity contribution is -0.144. The molecule has 1 unspecified atom stereocenters. The van der Waals surface area contributed by atoms with E-state index in [1.54, 1.807) is 19.9 Å². The molecule has 0 amide bonds. The fourth-order valence-electron chi connectivity index (χ4n) is 0.801. The van der Waals surface area contributed by atoms with E-state index in [-0.39, 0.29) is 0 Å². The summed E-state index contributed by atoms with van der Waals surface area (Å²) in [6.45, 7) is 6.75. The second kappa shape index (κ2) is 4.28. The molecule has 0 fully saturated rings. The second-order valence-corrected chi connectivity index (χ2v) is 3.10. The standard InChI is InChI=1S/C9H14BNO2/c1-6(5-7(2)10)9(3,11)8(12)13-4/h5H,2,11H2,1,3-4H3/b6-5+. The summed E-state index contributed by atoms with van der Waals surface area (Å²) in [6, 6.07) is 0. The third-order valence-corrected chi connectivity index (χ3v) is 1.83. The zero-order chi connectivity index (χ0) is 10.6. The summed E-state index contributed by atoms with van der Waals surface area (Å²) in [6.07, 6.45) is 1.55. The molecule has 0 bridgehead atoms. The highest BCUT2D eigenvalue weighted by molar-refractivity contribution is 6.23. The largest absolute Gasteiger partial charge is 0.467 e. The molecule has 1 atom stereocenters. The van der Waals surface area contributed by atoms with Crippen LogP contribution in [0.15, 0.2) is 23.7 Å². The molecule has 0 aliphatic heterocycles. The average molecular weight is 179 g/mol. The monoisotopic (exact) mass is 179 g/mol. The van der Waals surface area contributed by atoms with Crippen LogP contribution in [-0.4, -0.2) is 26.5 Å². The van der Waals surface area contributed by atoms with Gasteiger partial charge < -0.3 is 10.5 Å². The highest BCUT2D eigenvalue weighted by atomic mass is 16.5. The van der Waals surface area contributed by atoms with E-state index in [0.717, 1.165) is 0 Å². The molecule has 2 radical (unpaired) electrons. The van der Waals surface area contributed by atoms with Crippen molar-refractivity contribution in [3.63, 3.8) is 0 Å². The maximum atomic E-state index is 11.2. The van der Waals surface area contributed by atoms with Crippen molar-refractivity contribution >= 4 is 13.8 Å². The van der Waals surface area contributed by atoms with E-state index in [1.165, 1.54) is 7.11 Å². The van der Waals surface area contributed by atoms with Gasteiger partial charge >= 0.3 is 5.97 Å². The fraction of sp³-hybridized carbons (Fsp3) is 0.444.